The Morgan fingerprint density at radius 3 is 2.23 bits per heavy atom. The minimum Gasteiger partial charge on any atom is -0.444 e. The summed E-state index contributed by atoms with van der Waals surface area (Å²) in [5.74, 6) is 2.14. The molecular weight excluding hydrogens is 462 g/mol. The van der Waals surface area contributed by atoms with Gasteiger partial charge < -0.3 is 15.4 Å². The van der Waals surface area contributed by atoms with Crippen molar-refractivity contribution in [3.63, 3.8) is 0 Å². The van der Waals surface area contributed by atoms with Crippen LogP contribution in [0.25, 0.3) is 0 Å². The van der Waals surface area contributed by atoms with Crippen molar-refractivity contribution >= 4 is 29.7 Å². The molecule has 0 fully saturated rings. The molecule has 3 atom stereocenters. The van der Waals surface area contributed by atoms with Crippen molar-refractivity contribution in [2.45, 2.75) is 77.6 Å². The van der Waals surface area contributed by atoms with Crippen LogP contribution in [-0.4, -0.2) is 52.5 Å². The molecule has 1 aromatic rings. The number of hydrogen-bond donors (Lipinski definition) is 2. The number of benzene rings is 1. The number of hydrogen-bond acceptors (Lipinski definition) is 5. The average Bonchev–Trinajstić information content (AvgIpc) is 2.78. The zero-order valence-corrected chi connectivity index (χ0v) is 22.3. The van der Waals surface area contributed by atoms with Crippen LogP contribution in [0.3, 0.4) is 0 Å². The summed E-state index contributed by atoms with van der Waals surface area (Å²) in [5, 5.41) is 5.57. The smallest absolute Gasteiger partial charge is 0.408 e. The van der Waals surface area contributed by atoms with Crippen molar-refractivity contribution in [2.75, 3.05) is 12.0 Å². The van der Waals surface area contributed by atoms with Crippen LogP contribution in [0.4, 0.5) is 4.79 Å². The van der Waals surface area contributed by atoms with Gasteiger partial charge in [-0.15, -0.1) is 6.42 Å². The maximum absolute atomic E-state index is 13.6. The molecule has 35 heavy (non-hydrogen) atoms. The second kappa shape index (κ2) is 14.3. The molecule has 0 aliphatic carbocycles. The molecule has 0 bridgehead atoms. The van der Waals surface area contributed by atoms with Crippen LogP contribution in [-0.2, 0) is 14.3 Å². The highest BCUT2D eigenvalue weighted by Crippen LogP contribution is 2.24. The number of nitrogens with zero attached hydrogens (tertiary/aromatic N) is 1. The number of amides is 3. The van der Waals surface area contributed by atoms with Crippen LogP contribution in [0, 0.1) is 24.8 Å². The predicted molar refractivity (Wildman–Crippen MR) is 141 cm³/mol. The third kappa shape index (κ3) is 9.96. The lowest BCUT2D eigenvalue weighted by atomic mass is 10.0. The van der Waals surface area contributed by atoms with Crippen LogP contribution >= 0.6 is 11.8 Å². The van der Waals surface area contributed by atoms with E-state index in [1.165, 1.54) is 11.8 Å². The number of ether oxygens (including phenoxy) is 1. The van der Waals surface area contributed by atoms with Crippen molar-refractivity contribution < 1.29 is 19.1 Å². The van der Waals surface area contributed by atoms with E-state index < -0.39 is 35.6 Å². The van der Waals surface area contributed by atoms with Gasteiger partial charge in [0.05, 0.1) is 0 Å². The number of thioether (sulfide) groups is 1. The Morgan fingerprint density at radius 2 is 1.74 bits per heavy atom. The van der Waals surface area contributed by atoms with Gasteiger partial charge in [-0.25, -0.2) is 4.79 Å². The van der Waals surface area contributed by atoms with Gasteiger partial charge in [-0.05, 0) is 70.2 Å². The number of alkyl carbamates (subject to hydrolysis) is 1. The molecule has 0 aliphatic rings. The summed E-state index contributed by atoms with van der Waals surface area (Å²) in [6.07, 6.45) is 14.4. The first-order chi connectivity index (χ1) is 16.5. The summed E-state index contributed by atoms with van der Waals surface area (Å²) in [6, 6.07) is 6.93. The highest BCUT2D eigenvalue weighted by molar-refractivity contribution is 7.98. The van der Waals surface area contributed by atoms with Crippen LogP contribution < -0.4 is 10.6 Å². The Bertz CT molecular complexity index is 941. The molecule has 0 aliphatic heterocycles. The molecule has 0 saturated heterocycles. The first kappa shape index (κ1) is 29.9. The van der Waals surface area contributed by atoms with Crippen LogP contribution in [0.1, 0.15) is 71.0 Å². The monoisotopic (exact) mass is 499 g/mol. The van der Waals surface area contributed by atoms with E-state index in [1.54, 1.807) is 45.0 Å². The second-order valence-corrected chi connectivity index (χ2v) is 10.2. The van der Waals surface area contributed by atoms with E-state index >= 15 is 0 Å². The van der Waals surface area contributed by atoms with Crippen LogP contribution in [0.15, 0.2) is 24.3 Å². The molecule has 0 radical (unpaired) electrons. The SMILES string of the molecule is C#Cc1ccc(C(C(=O)NC(C)CCC)N(C#C)C(=O)C(CCSC)NC(=O)OC(C)(C)C)cc1. The summed E-state index contributed by atoms with van der Waals surface area (Å²) in [6.45, 7) is 9.12. The third-order valence-corrected chi connectivity index (χ3v) is 5.63. The maximum atomic E-state index is 13.6. The fourth-order valence-corrected chi connectivity index (χ4v) is 3.85. The van der Waals surface area contributed by atoms with E-state index in [1.807, 2.05) is 20.1 Å². The first-order valence-corrected chi connectivity index (χ1v) is 13.0. The van der Waals surface area contributed by atoms with Gasteiger partial charge in [-0.1, -0.05) is 37.8 Å². The van der Waals surface area contributed by atoms with Crippen molar-refractivity contribution in [3.8, 4) is 24.8 Å². The summed E-state index contributed by atoms with van der Waals surface area (Å²) in [5.41, 5.74) is 0.409. The van der Waals surface area contributed by atoms with Crippen molar-refractivity contribution in [1.29, 1.82) is 0 Å². The number of terminal acetylenes is 2. The lowest BCUT2D eigenvalue weighted by Gasteiger charge is -2.31. The Balaban J connectivity index is 3.36. The Hall–Kier alpha value is -3.10. The zero-order chi connectivity index (χ0) is 26.6. The van der Waals surface area contributed by atoms with Gasteiger partial charge in [0.25, 0.3) is 5.91 Å². The summed E-state index contributed by atoms with van der Waals surface area (Å²) < 4.78 is 5.33. The van der Waals surface area contributed by atoms with E-state index in [9.17, 15) is 14.4 Å². The lowest BCUT2D eigenvalue weighted by Crippen LogP contribution is -2.52. The standard InChI is InChI=1S/C27H37N3O4S/c1-9-12-19(4)28-24(31)23(21-15-13-20(10-2)14-16-21)30(11-3)25(32)22(17-18-35-8)29-26(33)34-27(5,6)7/h2-3,13-16,19,22-23H,9,12,17-18H2,1,4-8H3,(H,28,31)(H,29,33). The molecule has 0 saturated carbocycles. The largest absolute Gasteiger partial charge is 0.444 e. The van der Waals surface area contributed by atoms with Gasteiger partial charge >= 0.3 is 6.09 Å². The molecule has 7 nitrogen and oxygen atoms in total. The van der Waals surface area contributed by atoms with Crippen molar-refractivity contribution in [1.82, 2.24) is 15.5 Å². The molecule has 1 aromatic carbocycles. The fourth-order valence-electron chi connectivity index (χ4n) is 3.38. The summed E-state index contributed by atoms with van der Waals surface area (Å²) in [4.78, 5) is 40.5. The minimum atomic E-state index is -1.10. The van der Waals surface area contributed by atoms with Gasteiger partial charge in [0.2, 0.25) is 5.91 Å². The zero-order valence-electron chi connectivity index (χ0n) is 21.5. The normalized spacial score (nSPS) is 13.4. The minimum absolute atomic E-state index is 0.109. The number of nitrogens with one attached hydrogen (secondary N) is 2. The van der Waals surface area contributed by atoms with E-state index in [0.717, 1.165) is 17.7 Å². The summed E-state index contributed by atoms with van der Waals surface area (Å²) >= 11 is 1.52. The molecule has 0 spiro atoms. The first-order valence-electron chi connectivity index (χ1n) is 11.6. The van der Waals surface area contributed by atoms with E-state index in [-0.39, 0.29) is 6.04 Å². The lowest BCUT2D eigenvalue weighted by molar-refractivity contribution is -0.138. The predicted octanol–water partition coefficient (Wildman–Crippen LogP) is 4.08. The quantitative estimate of drug-likeness (QED) is 0.354. The van der Waals surface area contributed by atoms with Crippen molar-refractivity contribution in [3.05, 3.63) is 35.4 Å². The topological polar surface area (TPSA) is 87.7 Å². The van der Waals surface area contributed by atoms with Gasteiger partial charge in [0.15, 0.2) is 0 Å². The molecule has 2 N–H and O–H groups in total. The van der Waals surface area contributed by atoms with Crippen LogP contribution in [0.5, 0.6) is 0 Å². The third-order valence-electron chi connectivity index (χ3n) is 4.99. The second-order valence-electron chi connectivity index (χ2n) is 9.18. The molecule has 3 amide bonds. The molecule has 8 heteroatoms. The van der Waals surface area contributed by atoms with E-state index in [0.29, 0.717) is 23.3 Å². The highest BCUT2D eigenvalue weighted by atomic mass is 32.2. The Morgan fingerprint density at radius 1 is 1.11 bits per heavy atom. The average molecular weight is 500 g/mol. The van der Waals surface area contributed by atoms with Gasteiger partial charge in [0.1, 0.15) is 17.7 Å². The number of carbonyl (C=O) groups excluding carboxylic acids is 3. The molecule has 0 aromatic heterocycles. The van der Waals surface area contributed by atoms with Gasteiger partial charge in [0, 0.05) is 17.6 Å². The molecule has 0 heterocycles. The van der Waals surface area contributed by atoms with Crippen molar-refractivity contribution in [2.24, 2.45) is 0 Å². The number of carbonyl (C=O) groups is 3. The van der Waals surface area contributed by atoms with Gasteiger partial charge in [-0.3, -0.25) is 14.5 Å². The van der Waals surface area contributed by atoms with Crippen LogP contribution in [0.2, 0.25) is 0 Å². The molecule has 3 unspecified atom stereocenters. The van der Waals surface area contributed by atoms with Gasteiger partial charge in [-0.2, -0.15) is 11.8 Å². The fraction of sp³-hybridized carbons (Fsp3) is 0.519. The number of rotatable bonds is 11. The van der Waals surface area contributed by atoms with E-state index in [4.69, 9.17) is 17.6 Å². The molecule has 1 rings (SSSR count). The maximum Gasteiger partial charge on any atom is 0.408 e. The molecule has 190 valence electrons. The molecular formula is C27H37N3O4S. The Kier molecular flexibility index (Phi) is 12.3. The highest BCUT2D eigenvalue weighted by Gasteiger charge is 2.36. The van der Waals surface area contributed by atoms with E-state index in [2.05, 4.69) is 22.6 Å². The summed E-state index contributed by atoms with van der Waals surface area (Å²) in [7, 11) is 0. The Labute approximate surface area is 214 Å².